The fourth-order valence-corrected chi connectivity index (χ4v) is 4.51. The molecule has 0 atom stereocenters. The number of carbonyl (C=O) groups excluding carboxylic acids is 1. The van der Waals surface area contributed by atoms with Crippen molar-refractivity contribution in [1.82, 2.24) is 19.9 Å². The summed E-state index contributed by atoms with van der Waals surface area (Å²) < 4.78 is 2.78. The molecule has 1 aliphatic rings. The van der Waals surface area contributed by atoms with Gasteiger partial charge in [-0.1, -0.05) is 47.3 Å². The number of hydrogen-bond donors (Lipinski definition) is 2. The van der Waals surface area contributed by atoms with Gasteiger partial charge in [0.05, 0.1) is 11.0 Å². The average Bonchev–Trinajstić information content (AvgIpc) is 3.04. The van der Waals surface area contributed by atoms with Crippen LogP contribution in [0.3, 0.4) is 0 Å². The smallest absolute Gasteiger partial charge is 0.257 e. The SMILES string of the molecule is Nc1c(C(=O)NC2CCCCC2)c2nc3ccccc3nc2n1-c1ccc(Br)cc1. The number of rotatable bonds is 3. The van der Waals surface area contributed by atoms with Crippen LogP contribution in [-0.4, -0.2) is 26.5 Å². The first-order chi connectivity index (χ1) is 14.6. The van der Waals surface area contributed by atoms with Crippen LogP contribution in [0.15, 0.2) is 53.0 Å². The Kier molecular flexibility index (Phi) is 4.90. The number of fused-ring (bicyclic) bond motifs is 2. The maximum Gasteiger partial charge on any atom is 0.257 e. The molecule has 2 heterocycles. The van der Waals surface area contributed by atoms with Crippen LogP contribution in [0.1, 0.15) is 42.5 Å². The number of carbonyl (C=O) groups is 1. The fraction of sp³-hybridized carbons (Fsp3) is 0.261. The molecular weight excluding hydrogens is 442 g/mol. The summed E-state index contributed by atoms with van der Waals surface area (Å²) in [4.78, 5) is 22.9. The maximum absolute atomic E-state index is 13.3. The first-order valence-corrected chi connectivity index (χ1v) is 11.0. The third-order valence-electron chi connectivity index (χ3n) is 5.75. The number of para-hydroxylation sites is 2. The predicted octanol–water partition coefficient (Wildman–Crippen LogP) is 4.98. The number of aromatic nitrogens is 3. The van der Waals surface area contributed by atoms with E-state index in [0.717, 1.165) is 46.9 Å². The summed E-state index contributed by atoms with van der Waals surface area (Å²) in [5.41, 5.74) is 10.4. The molecule has 1 amide bonds. The highest BCUT2D eigenvalue weighted by Gasteiger charge is 2.26. The highest BCUT2D eigenvalue weighted by atomic mass is 79.9. The number of anilines is 1. The topological polar surface area (TPSA) is 85.8 Å². The number of benzene rings is 2. The zero-order valence-electron chi connectivity index (χ0n) is 16.4. The monoisotopic (exact) mass is 463 g/mol. The summed E-state index contributed by atoms with van der Waals surface area (Å²) in [6, 6.07) is 15.6. The van der Waals surface area contributed by atoms with Gasteiger partial charge in [-0.05, 0) is 49.2 Å². The van der Waals surface area contributed by atoms with Crippen molar-refractivity contribution in [2.75, 3.05) is 5.73 Å². The van der Waals surface area contributed by atoms with Gasteiger partial charge in [0.15, 0.2) is 5.65 Å². The molecule has 0 aliphatic heterocycles. The van der Waals surface area contributed by atoms with Crippen molar-refractivity contribution < 1.29 is 4.79 Å². The van der Waals surface area contributed by atoms with E-state index in [1.54, 1.807) is 0 Å². The molecule has 5 rings (SSSR count). The summed E-state index contributed by atoms with van der Waals surface area (Å²) in [6.07, 6.45) is 5.53. The number of halogens is 1. The molecule has 2 aromatic carbocycles. The molecule has 7 heteroatoms. The zero-order chi connectivity index (χ0) is 20.7. The predicted molar refractivity (Wildman–Crippen MR) is 123 cm³/mol. The number of hydrogen-bond acceptors (Lipinski definition) is 4. The van der Waals surface area contributed by atoms with Crippen LogP contribution in [0.4, 0.5) is 5.82 Å². The quantitative estimate of drug-likeness (QED) is 0.448. The van der Waals surface area contributed by atoms with E-state index in [1.165, 1.54) is 6.42 Å². The molecule has 6 nitrogen and oxygen atoms in total. The lowest BCUT2D eigenvalue weighted by Crippen LogP contribution is -2.36. The minimum Gasteiger partial charge on any atom is -0.384 e. The van der Waals surface area contributed by atoms with E-state index in [4.69, 9.17) is 15.7 Å². The van der Waals surface area contributed by atoms with Gasteiger partial charge >= 0.3 is 0 Å². The summed E-state index contributed by atoms with van der Waals surface area (Å²) in [5.74, 6) is 0.181. The van der Waals surface area contributed by atoms with E-state index >= 15 is 0 Å². The van der Waals surface area contributed by atoms with Crippen molar-refractivity contribution in [2.45, 2.75) is 38.1 Å². The van der Waals surface area contributed by atoms with E-state index in [-0.39, 0.29) is 11.9 Å². The van der Waals surface area contributed by atoms with Crippen molar-refractivity contribution in [3.8, 4) is 5.69 Å². The van der Waals surface area contributed by atoms with Gasteiger partial charge in [0, 0.05) is 16.2 Å². The Hall–Kier alpha value is -2.93. The average molecular weight is 464 g/mol. The van der Waals surface area contributed by atoms with Crippen LogP contribution in [0.2, 0.25) is 0 Å². The van der Waals surface area contributed by atoms with Crippen LogP contribution in [-0.2, 0) is 0 Å². The van der Waals surface area contributed by atoms with Gasteiger partial charge in [-0.15, -0.1) is 0 Å². The van der Waals surface area contributed by atoms with Crippen LogP contribution in [0.25, 0.3) is 27.9 Å². The van der Waals surface area contributed by atoms with Crippen molar-refractivity contribution in [2.24, 2.45) is 0 Å². The fourth-order valence-electron chi connectivity index (χ4n) is 4.24. The highest BCUT2D eigenvalue weighted by Crippen LogP contribution is 2.32. The molecule has 1 fully saturated rings. The van der Waals surface area contributed by atoms with Crippen molar-refractivity contribution in [1.29, 1.82) is 0 Å². The molecule has 0 unspecified atom stereocenters. The number of nitrogens with zero attached hydrogens (tertiary/aromatic N) is 3. The molecule has 1 saturated carbocycles. The second-order valence-corrected chi connectivity index (χ2v) is 8.68. The number of amides is 1. The lowest BCUT2D eigenvalue weighted by molar-refractivity contribution is 0.0930. The minimum atomic E-state index is -0.176. The number of nitrogens with two attached hydrogens (primary N) is 1. The summed E-state index contributed by atoms with van der Waals surface area (Å²) >= 11 is 3.47. The second-order valence-electron chi connectivity index (χ2n) is 7.76. The van der Waals surface area contributed by atoms with E-state index in [9.17, 15) is 4.79 Å². The molecule has 0 saturated heterocycles. The Morgan fingerprint density at radius 1 is 1.00 bits per heavy atom. The van der Waals surface area contributed by atoms with Crippen LogP contribution < -0.4 is 11.1 Å². The number of nitrogens with one attached hydrogen (secondary N) is 1. The van der Waals surface area contributed by atoms with Crippen LogP contribution in [0, 0.1) is 0 Å². The lowest BCUT2D eigenvalue weighted by Gasteiger charge is -2.22. The largest absolute Gasteiger partial charge is 0.384 e. The minimum absolute atomic E-state index is 0.176. The standard InChI is InChI=1S/C23H22BrN5O/c24-14-10-12-16(13-11-14)29-21(25)19(23(30)26-15-6-2-1-3-7-15)20-22(29)28-18-9-5-4-8-17(18)27-20/h4-5,8-13,15H,1-3,6-7,25H2,(H,26,30). The van der Waals surface area contributed by atoms with Gasteiger partial charge in [0.2, 0.25) is 0 Å². The molecule has 2 aromatic heterocycles. The Balaban J connectivity index is 1.70. The highest BCUT2D eigenvalue weighted by molar-refractivity contribution is 9.10. The van der Waals surface area contributed by atoms with E-state index < -0.39 is 0 Å². The van der Waals surface area contributed by atoms with Gasteiger partial charge in [-0.3, -0.25) is 9.36 Å². The normalized spacial score (nSPS) is 15.0. The first kappa shape index (κ1) is 19.1. The molecule has 4 aromatic rings. The summed E-state index contributed by atoms with van der Waals surface area (Å²) in [5, 5.41) is 3.18. The maximum atomic E-state index is 13.3. The molecule has 0 spiro atoms. The van der Waals surface area contributed by atoms with Gasteiger partial charge in [-0.2, -0.15) is 0 Å². The van der Waals surface area contributed by atoms with E-state index in [1.807, 2.05) is 53.1 Å². The number of nitrogen functional groups attached to an aromatic ring is 1. The molecule has 0 radical (unpaired) electrons. The third-order valence-corrected chi connectivity index (χ3v) is 6.28. The van der Waals surface area contributed by atoms with Crippen molar-refractivity contribution in [3.63, 3.8) is 0 Å². The van der Waals surface area contributed by atoms with Gasteiger partial charge < -0.3 is 11.1 Å². The second kappa shape index (κ2) is 7.72. The zero-order valence-corrected chi connectivity index (χ0v) is 18.0. The Bertz CT molecular complexity index is 1240. The Labute approximate surface area is 182 Å². The van der Waals surface area contributed by atoms with E-state index in [2.05, 4.69) is 21.2 Å². The van der Waals surface area contributed by atoms with Gasteiger partial charge in [0.1, 0.15) is 16.9 Å². The van der Waals surface area contributed by atoms with Gasteiger partial charge in [0.25, 0.3) is 5.91 Å². The first-order valence-electron chi connectivity index (χ1n) is 10.3. The molecule has 152 valence electrons. The Morgan fingerprint density at radius 3 is 2.37 bits per heavy atom. The molecule has 30 heavy (non-hydrogen) atoms. The van der Waals surface area contributed by atoms with Crippen LogP contribution >= 0.6 is 15.9 Å². The summed E-state index contributed by atoms with van der Waals surface area (Å²) in [7, 11) is 0. The van der Waals surface area contributed by atoms with Crippen LogP contribution in [0.5, 0.6) is 0 Å². The third kappa shape index (κ3) is 3.33. The van der Waals surface area contributed by atoms with E-state index in [0.29, 0.717) is 22.5 Å². The lowest BCUT2D eigenvalue weighted by atomic mass is 9.95. The molecule has 1 aliphatic carbocycles. The molecule has 0 bridgehead atoms. The van der Waals surface area contributed by atoms with Crippen molar-refractivity contribution >= 4 is 49.9 Å². The molecule has 3 N–H and O–H groups in total. The Morgan fingerprint density at radius 2 is 1.67 bits per heavy atom. The molecular formula is C23H22BrN5O. The van der Waals surface area contributed by atoms with Gasteiger partial charge in [-0.25, -0.2) is 9.97 Å². The summed E-state index contributed by atoms with van der Waals surface area (Å²) in [6.45, 7) is 0. The van der Waals surface area contributed by atoms with Crippen molar-refractivity contribution in [3.05, 3.63) is 58.6 Å².